The summed E-state index contributed by atoms with van der Waals surface area (Å²) in [5.41, 5.74) is 5.67. The fraction of sp³-hybridized carbons (Fsp3) is 0. The molecule has 0 unspecified atom stereocenters. The molecule has 0 aliphatic carbocycles. The minimum absolute atomic E-state index is 0. The summed E-state index contributed by atoms with van der Waals surface area (Å²) in [6.07, 6.45) is 0. The van der Waals surface area contributed by atoms with Gasteiger partial charge in [0, 0.05) is 60.6 Å². The minimum atomic E-state index is -1.03. The van der Waals surface area contributed by atoms with Crippen LogP contribution in [-0.4, -0.2) is 50.9 Å². The topological polar surface area (TPSA) is 146 Å². The predicted octanol–water partition coefficient (Wildman–Crippen LogP) is 6.56. The Balaban J connectivity index is 0.00000289. The van der Waals surface area contributed by atoms with Gasteiger partial charge >= 0.3 is 5.97 Å². The molecule has 0 atom stereocenters. The smallest absolute Gasteiger partial charge is 0.335 e. The second-order valence-electron chi connectivity index (χ2n) is 10.3. The SMILES string of the molecule is O=C(O)c1ccc2c3nc4nc(nc5[nH]c(nc6nc(nc([nH]3)c2c1)-c1ccccc1-6)c1ccccc51)-c1ccccc1-4.[Co]. The summed E-state index contributed by atoms with van der Waals surface area (Å²) in [6, 6.07) is 28.4. The number of aromatic carboxylic acids is 1. The summed E-state index contributed by atoms with van der Waals surface area (Å²) in [5, 5.41) is 12.8. The van der Waals surface area contributed by atoms with Crippen LogP contribution in [0, 0.1) is 0 Å². The van der Waals surface area contributed by atoms with E-state index in [9.17, 15) is 9.90 Å². The van der Waals surface area contributed by atoms with Crippen molar-refractivity contribution in [2.24, 2.45) is 0 Å². The average molecular weight is 617 g/mol. The molecule has 0 fully saturated rings. The van der Waals surface area contributed by atoms with E-state index in [-0.39, 0.29) is 22.3 Å². The number of nitrogens with one attached hydrogen (secondary N) is 2. The first-order chi connectivity index (χ1) is 21.1. The van der Waals surface area contributed by atoms with Crippen LogP contribution < -0.4 is 0 Å². The Morgan fingerprint density at radius 2 is 0.841 bits per heavy atom. The van der Waals surface area contributed by atoms with Crippen molar-refractivity contribution < 1.29 is 26.7 Å². The summed E-state index contributed by atoms with van der Waals surface area (Å²) < 4.78 is 0. The number of hydrogen-bond donors (Lipinski definition) is 3. The third kappa shape index (κ3) is 3.84. The number of carbonyl (C=O) groups is 1. The molecule has 3 aromatic heterocycles. The van der Waals surface area contributed by atoms with Crippen molar-refractivity contribution >= 4 is 50.1 Å². The number of aromatic amines is 2. The Kier molecular flexibility index (Phi) is 5.66. The van der Waals surface area contributed by atoms with E-state index in [0.29, 0.717) is 56.7 Å². The van der Waals surface area contributed by atoms with Gasteiger partial charge in [0.15, 0.2) is 23.3 Å². The van der Waals surface area contributed by atoms with Gasteiger partial charge in [-0.2, -0.15) is 0 Å². The van der Waals surface area contributed by atoms with Crippen molar-refractivity contribution in [3.05, 3.63) is 96.6 Å². The Labute approximate surface area is 258 Å². The molecule has 1 radical (unpaired) electrons. The fourth-order valence-electron chi connectivity index (χ4n) is 5.77. The van der Waals surface area contributed by atoms with Gasteiger partial charge in [-0.25, -0.2) is 34.7 Å². The molecule has 10 nitrogen and oxygen atoms in total. The Hall–Kier alpha value is -5.78. The first kappa shape index (κ1) is 25.9. The zero-order valence-electron chi connectivity index (χ0n) is 22.5. The van der Waals surface area contributed by atoms with Crippen LogP contribution >= 0.6 is 0 Å². The maximum Gasteiger partial charge on any atom is 0.335 e. The van der Waals surface area contributed by atoms with E-state index in [2.05, 4.69) is 9.97 Å². The van der Waals surface area contributed by atoms with Gasteiger partial charge in [-0.05, 0) is 18.2 Å². The van der Waals surface area contributed by atoms with Crippen LogP contribution in [0.3, 0.4) is 0 Å². The Bertz CT molecular complexity index is 2510. The summed E-state index contributed by atoms with van der Waals surface area (Å²) in [7, 11) is 0. The summed E-state index contributed by atoms with van der Waals surface area (Å²) >= 11 is 0. The Morgan fingerprint density at radius 1 is 0.477 bits per heavy atom. The number of aromatic nitrogens is 8. The van der Waals surface area contributed by atoms with Gasteiger partial charge in [0.2, 0.25) is 0 Å². The first-order valence-corrected chi connectivity index (χ1v) is 13.6. The fourth-order valence-corrected chi connectivity index (χ4v) is 5.77. The van der Waals surface area contributed by atoms with E-state index >= 15 is 0 Å². The van der Waals surface area contributed by atoms with E-state index in [1.54, 1.807) is 18.2 Å². The number of carboxylic acids is 1. The number of benzene rings is 4. The number of H-pyrrole nitrogens is 2. The van der Waals surface area contributed by atoms with Crippen LogP contribution in [0.5, 0.6) is 0 Å². The van der Waals surface area contributed by atoms with Crippen molar-refractivity contribution in [2.45, 2.75) is 0 Å². The van der Waals surface area contributed by atoms with Crippen LogP contribution in [0.15, 0.2) is 91.0 Å². The molecule has 2 aliphatic rings. The van der Waals surface area contributed by atoms with Crippen LogP contribution in [0.1, 0.15) is 10.4 Å². The van der Waals surface area contributed by atoms with Crippen molar-refractivity contribution in [3.8, 4) is 45.6 Å². The van der Waals surface area contributed by atoms with E-state index in [0.717, 1.165) is 33.0 Å². The van der Waals surface area contributed by atoms with Gasteiger partial charge in [-0.1, -0.05) is 72.8 Å². The standard InChI is InChI=1S/C33H18N8O2.Co/c42-33(43)16-13-14-23-24(15-16)32-40-30-22-12-6-5-11-21(22)28(38-30)36-26-18-8-2-1-7-17(18)25(34-26)35-27-19-9-3-4-10-20(19)29(37-27)39-31(23)41-32;/h1-15H,(H,42,43)(H2,34,35,36,37,38,39,40,41);. The normalized spacial score (nSPS) is 11.6. The van der Waals surface area contributed by atoms with Crippen LogP contribution in [0.25, 0.3) is 89.7 Å². The van der Waals surface area contributed by atoms with Gasteiger partial charge in [0.25, 0.3) is 0 Å². The summed E-state index contributed by atoms with van der Waals surface area (Å²) in [5.74, 6) is 0.936. The molecule has 7 aromatic rings. The van der Waals surface area contributed by atoms with Crippen molar-refractivity contribution in [1.29, 1.82) is 0 Å². The van der Waals surface area contributed by atoms with E-state index in [4.69, 9.17) is 29.9 Å². The second kappa shape index (κ2) is 9.62. The minimum Gasteiger partial charge on any atom is -0.478 e. The molecule has 5 heterocycles. The molecule has 0 amide bonds. The number of carboxylic acid groups (broad SMARTS) is 1. The largest absolute Gasteiger partial charge is 0.478 e. The molecule has 2 aliphatic heterocycles. The van der Waals surface area contributed by atoms with Crippen LogP contribution in [0.4, 0.5) is 0 Å². The monoisotopic (exact) mass is 617 g/mol. The molecule has 3 N–H and O–H groups in total. The third-order valence-corrected chi connectivity index (χ3v) is 7.80. The van der Waals surface area contributed by atoms with Crippen LogP contribution in [-0.2, 0) is 16.8 Å². The number of nitrogens with zero attached hydrogens (tertiary/aromatic N) is 6. The zero-order valence-corrected chi connectivity index (χ0v) is 23.6. The first-order valence-electron chi connectivity index (χ1n) is 13.6. The van der Waals surface area contributed by atoms with Gasteiger partial charge < -0.3 is 15.1 Å². The maximum atomic E-state index is 11.9. The molecule has 11 heteroatoms. The molecule has 4 aromatic carbocycles. The molecule has 0 spiro atoms. The number of hydrogen-bond acceptors (Lipinski definition) is 7. The summed E-state index contributed by atoms with van der Waals surface area (Å²) in [4.78, 5) is 48.1. The van der Waals surface area contributed by atoms with Gasteiger partial charge in [0.05, 0.1) is 5.56 Å². The predicted molar refractivity (Wildman–Crippen MR) is 163 cm³/mol. The average Bonchev–Trinajstić information content (AvgIpc) is 3.76. The van der Waals surface area contributed by atoms with Gasteiger partial charge in [-0.15, -0.1) is 0 Å². The quantitative estimate of drug-likeness (QED) is 0.188. The molecule has 44 heavy (non-hydrogen) atoms. The second-order valence-corrected chi connectivity index (χ2v) is 10.3. The molecule has 8 bridgehead atoms. The van der Waals surface area contributed by atoms with Crippen LogP contribution in [0.2, 0.25) is 0 Å². The maximum absolute atomic E-state index is 11.9. The van der Waals surface area contributed by atoms with Crippen molar-refractivity contribution in [1.82, 2.24) is 39.9 Å². The van der Waals surface area contributed by atoms with Gasteiger partial charge in [0.1, 0.15) is 22.6 Å². The Morgan fingerprint density at radius 3 is 1.25 bits per heavy atom. The number of rotatable bonds is 1. The van der Waals surface area contributed by atoms with E-state index in [1.807, 2.05) is 72.8 Å². The molecule has 0 saturated carbocycles. The molecular formula is C33H18CoN8O2. The molecular weight excluding hydrogens is 599 g/mol. The third-order valence-electron chi connectivity index (χ3n) is 7.80. The molecule has 9 rings (SSSR count). The number of fused-ring (bicyclic) bond motifs is 20. The van der Waals surface area contributed by atoms with Crippen molar-refractivity contribution in [3.63, 3.8) is 0 Å². The van der Waals surface area contributed by atoms with Gasteiger partial charge in [-0.3, -0.25) is 0 Å². The van der Waals surface area contributed by atoms with E-state index in [1.165, 1.54) is 0 Å². The molecule has 211 valence electrons. The zero-order chi connectivity index (χ0) is 28.7. The molecule has 0 saturated heterocycles. The van der Waals surface area contributed by atoms with E-state index < -0.39 is 5.97 Å². The summed E-state index contributed by atoms with van der Waals surface area (Å²) in [6.45, 7) is 0. The van der Waals surface area contributed by atoms with Crippen molar-refractivity contribution in [2.75, 3.05) is 0 Å².